The number of carbonyl (C=O) groups is 1. The van der Waals surface area contributed by atoms with Gasteiger partial charge in [0.1, 0.15) is 0 Å². The molecule has 1 aliphatic rings. The molecule has 1 aromatic heterocycles. The molecule has 1 unspecified atom stereocenters. The summed E-state index contributed by atoms with van der Waals surface area (Å²) in [5, 5.41) is 4.26. The summed E-state index contributed by atoms with van der Waals surface area (Å²) in [6.45, 7) is 6.57. The number of hydrogen-bond donors (Lipinski definition) is 1. The zero-order chi connectivity index (χ0) is 16.9. The molecule has 0 aliphatic carbocycles. The maximum atomic E-state index is 12.5. The standard InChI is InChI=1S/C19H27N3O2/c1-3-21-9-4-5-17(21)14-20-19(23)16-7-6-15-8-10-22(11-12-24-2)18(15)13-16/h6-8,10,13,17H,3-5,9,11-12,14H2,1-2H3,(H,20,23). The fraction of sp³-hybridized carbons (Fsp3) is 0.526. The van der Waals surface area contributed by atoms with Crippen LogP contribution in [-0.4, -0.2) is 54.8 Å². The molecule has 1 saturated heterocycles. The van der Waals surface area contributed by atoms with Crippen molar-refractivity contribution in [1.82, 2.24) is 14.8 Å². The van der Waals surface area contributed by atoms with Gasteiger partial charge in [-0.05, 0) is 49.5 Å². The van der Waals surface area contributed by atoms with Crippen LogP contribution in [-0.2, 0) is 11.3 Å². The van der Waals surface area contributed by atoms with Gasteiger partial charge >= 0.3 is 0 Å². The number of hydrogen-bond acceptors (Lipinski definition) is 3. The highest BCUT2D eigenvalue weighted by Crippen LogP contribution is 2.19. The Hall–Kier alpha value is -1.85. The van der Waals surface area contributed by atoms with E-state index in [1.807, 2.05) is 24.4 Å². The molecule has 2 heterocycles. The van der Waals surface area contributed by atoms with Crippen LogP contribution in [0.25, 0.3) is 10.9 Å². The van der Waals surface area contributed by atoms with E-state index in [9.17, 15) is 4.79 Å². The minimum atomic E-state index is 0.0133. The molecular formula is C19H27N3O2. The molecule has 5 nitrogen and oxygen atoms in total. The van der Waals surface area contributed by atoms with Gasteiger partial charge in [-0.3, -0.25) is 9.69 Å². The molecule has 2 aromatic rings. The highest BCUT2D eigenvalue weighted by atomic mass is 16.5. The molecule has 1 aliphatic heterocycles. The van der Waals surface area contributed by atoms with Crippen molar-refractivity contribution in [3.05, 3.63) is 36.0 Å². The maximum absolute atomic E-state index is 12.5. The third kappa shape index (κ3) is 3.62. The van der Waals surface area contributed by atoms with Gasteiger partial charge < -0.3 is 14.6 Å². The van der Waals surface area contributed by atoms with Gasteiger partial charge in [0, 0.05) is 43.5 Å². The zero-order valence-corrected chi connectivity index (χ0v) is 14.6. The normalized spacial score (nSPS) is 18.3. The topological polar surface area (TPSA) is 46.5 Å². The number of benzene rings is 1. The number of ether oxygens (including phenoxy) is 1. The van der Waals surface area contributed by atoms with Crippen molar-refractivity contribution in [2.24, 2.45) is 0 Å². The Morgan fingerprint density at radius 1 is 1.38 bits per heavy atom. The van der Waals surface area contributed by atoms with Crippen LogP contribution in [0.5, 0.6) is 0 Å². The lowest BCUT2D eigenvalue weighted by molar-refractivity contribution is 0.0941. The Labute approximate surface area is 143 Å². The predicted molar refractivity (Wildman–Crippen MR) is 96.4 cm³/mol. The fourth-order valence-corrected chi connectivity index (χ4v) is 3.56. The number of likely N-dealkylation sites (N-methyl/N-ethyl adjacent to an activating group) is 1. The predicted octanol–water partition coefficient (Wildman–Crippen LogP) is 2.50. The first-order valence-corrected chi connectivity index (χ1v) is 8.83. The van der Waals surface area contributed by atoms with Gasteiger partial charge in [-0.2, -0.15) is 0 Å². The van der Waals surface area contributed by atoms with E-state index in [0.29, 0.717) is 12.6 Å². The van der Waals surface area contributed by atoms with E-state index in [4.69, 9.17) is 4.74 Å². The summed E-state index contributed by atoms with van der Waals surface area (Å²) in [6, 6.07) is 8.45. The molecule has 1 atom stereocenters. The first kappa shape index (κ1) is 17.0. The lowest BCUT2D eigenvalue weighted by Gasteiger charge is -2.22. The molecule has 24 heavy (non-hydrogen) atoms. The maximum Gasteiger partial charge on any atom is 0.251 e. The molecule has 3 rings (SSSR count). The minimum absolute atomic E-state index is 0.0133. The van der Waals surface area contributed by atoms with Gasteiger partial charge in [-0.25, -0.2) is 0 Å². The van der Waals surface area contributed by atoms with Crippen molar-refractivity contribution >= 4 is 16.8 Å². The summed E-state index contributed by atoms with van der Waals surface area (Å²) < 4.78 is 7.28. The number of nitrogens with one attached hydrogen (secondary N) is 1. The van der Waals surface area contributed by atoms with E-state index in [1.165, 1.54) is 12.8 Å². The van der Waals surface area contributed by atoms with Gasteiger partial charge in [0.25, 0.3) is 5.91 Å². The van der Waals surface area contributed by atoms with E-state index < -0.39 is 0 Å². The molecule has 5 heteroatoms. The fourth-order valence-electron chi connectivity index (χ4n) is 3.56. The van der Waals surface area contributed by atoms with Gasteiger partial charge in [0.05, 0.1) is 6.61 Å². The van der Waals surface area contributed by atoms with Gasteiger partial charge in [0.15, 0.2) is 0 Å². The Bertz CT molecular complexity index is 695. The molecule has 0 saturated carbocycles. The molecule has 130 valence electrons. The molecule has 0 bridgehead atoms. The number of methoxy groups -OCH3 is 1. The van der Waals surface area contributed by atoms with Gasteiger partial charge in [-0.1, -0.05) is 13.0 Å². The summed E-state index contributed by atoms with van der Waals surface area (Å²) >= 11 is 0. The largest absolute Gasteiger partial charge is 0.383 e. The number of likely N-dealkylation sites (tertiary alicyclic amines) is 1. The van der Waals surface area contributed by atoms with Crippen molar-refractivity contribution < 1.29 is 9.53 Å². The van der Waals surface area contributed by atoms with Gasteiger partial charge in [0.2, 0.25) is 0 Å². The number of fused-ring (bicyclic) bond motifs is 1. The van der Waals surface area contributed by atoms with Crippen LogP contribution in [0.3, 0.4) is 0 Å². The number of aromatic nitrogens is 1. The Balaban J connectivity index is 1.68. The van der Waals surface area contributed by atoms with Crippen LogP contribution in [0.2, 0.25) is 0 Å². The molecule has 1 aromatic carbocycles. The average Bonchev–Trinajstić information content (AvgIpc) is 3.23. The highest BCUT2D eigenvalue weighted by molar-refractivity contribution is 5.98. The summed E-state index contributed by atoms with van der Waals surface area (Å²) in [5.41, 5.74) is 1.80. The highest BCUT2D eigenvalue weighted by Gasteiger charge is 2.23. The van der Waals surface area contributed by atoms with Crippen molar-refractivity contribution in [2.45, 2.75) is 32.4 Å². The number of rotatable bonds is 7. The smallest absolute Gasteiger partial charge is 0.251 e. The first-order chi connectivity index (χ1) is 11.7. The Morgan fingerprint density at radius 3 is 3.04 bits per heavy atom. The van der Waals surface area contributed by atoms with Crippen molar-refractivity contribution in [1.29, 1.82) is 0 Å². The number of nitrogens with zero attached hydrogens (tertiary/aromatic N) is 2. The van der Waals surface area contributed by atoms with E-state index >= 15 is 0 Å². The first-order valence-electron chi connectivity index (χ1n) is 8.83. The van der Waals surface area contributed by atoms with Crippen molar-refractivity contribution in [3.63, 3.8) is 0 Å². The van der Waals surface area contributed by atoms with E-state index in [0.717, 1.165) is 42.6 Å². The van der Waals surface area contributed by atoms with Crippen molar-refractivity contribution in [2.75, 3.05) is 33.4 Å². The summed E-state index contributed by atoms with van der Waals surface area (Å²) in [7, 11) is 1.70. The zero-order valence-electron chi connectivity index (χ0n) is 14.6. The van der Waals surface area contributed by atoms with Crippen LogP contribution < -0.4 is 5.32 Å². The lowest BCUT2D eigenvalue weighted by Crippen LogP contribution is -2.40. The number of carbonyl (C=O) groups excluding carboxylic acids is 1. The second-order valence-corrected chi connectivity index (χ2v) is 6.41. The van der Waals surface area contributed by atoms with Crippen LogP contribution in [0.4, 0.5) is 0 Å². The SMILES string of the molecule is CCN1CCCC1CNC(=O)c1ccc2ccn(CCOC)c2c1. The van der Waals surface area contributed by atoms with Crippen LogP contribution in [0, 0.1) is 0 Å². The Kier molecular flexibility index (Phi) is 5.53. The van der Waals surface area contributed by atoms with Crippen LogP contribution in [0.1, 0.15) is 30.1 Å². The molecule has 1 fully saturated rings. The molecule has 1 amide bonds. The van der Waals surface area contributed by atoms with Crippen LogP contribution in [0.15, 0.2) is 30.5 Å². The summed E-state index contributed by atoms with van der Waals surface area (Å²) in [6.07, 6.45) is 4.45. The Morgan fingerprint density at radius 2 is 2.25 bits per heavy atom. The minimum Gasteiger partial charge on any atom is -0.383 e. The molecular weight excluding hydrogens is 302 g/mol. The second-order valence-electron chi connectivity index (χ2n) is 6.41. The van der Waals surface area contributed by atoms with Crippen molar-refractivity contribution in [3.8, 4) is 0 Å². The second kappa shape index (κ2) is 7.81. The molecule has 0 radical (unpaired) electrons. The van der Waals surface area contributed by atoms with E-state index in [1.54, 1.807) is 7.11 Å². The monoisotopic (exact) mass is 329 g/mol. The molecule has 0 spiro atoms. The summed E-state index contributed by atoms with van der Waals surface area (Å²) in [4.78, 5) is 15.0. The van der Waals surface area contributed by atoms with Crippen LogP contribution >= 0.6 is 0 Å². The third-order valence-corrected chi connectivity index (χ3v) is 4.98. The molecule has 1 N–H and O–H groups in total. The number of amides is 1. The quantitative estimate of drug-likeness (QED) is 0.849. The average molecular weight is 329 g/mol. The van der Waals surface area contributed by atoms with E-state index in [-0.39, 0.29) is 5.91 Å². The summed E-state index contributed by atoms with van der Waals surface area (Å²) in [5.74, 6) is 0.0133. The van der Waals surface area contributed by atoms with Gasteiger partial charge in [-0.15, -0.1) is 0 Å². The third-order valence-electron chi connectivity index (χ3n) is 4.98. The lowest BCUT2D eigenvalue weighted by atomic mass is 10.1. The van der Waals surface area contributed by atoms with E-state index in [2.05, 4.69) is 27.8 Å².